The second-order valence-corrected chi connectivity index (χ2v) is 8.60. The maximum atomic E-state index is 5.27. The van der Waals surface area contributed by atoms with Gasteiger partial charge in [0.1, 0.15) is 5.82 Å². The molecule has 0 bridgehead atoms. The Morgan fingerprint density at radius 3 is 2.45 bits per heavy atom. The van der Waals surface area contributed by atoms with Crippen molar-refractivity contribution in [3.8, 4) is 11.4 Å². The molecule has 1 N–H and O–H groups in total. The molecule has 2 aromatic heterocycles. The van der Waals surface area contributed by atoms with Crippen LogP contribution in [-0.2, 0) is 0 Å². The Labute approximate surface area is 171 Å². The van der Waals surface area contributed by atoms with Gasteiger partial charge in [-0.2, -0.15) is 4.98 Å². The second-order valence-electron chi connectivity index (χ2n) is 8.60. The van der Waals surface area contributed by atoms with Gasteiger partial charge in [0.25, 0.3) is 0 Å². The summed E-state index contributed by atoms with van der Waals surface area (Å²) in [5, 5.41) is 9.19. The van der Waals surface area contributed by atoms with Crippen molar-refractivity contribution < 1.29 is 4.52 Å². The molecule has 0 atom stereocenters. The Hall–Kier alpha value is -2.47. The molecule has 6 nitrogen and oxygen atoms in total. The fourth-order valence-corrected chi connectivity index (χ4v) is 4.78. The van der Waals surface area contributed by atoms with E-state index in [9.17, 15) is 0 Å². The minimum absolute atomic E-state index is 0.578. The Morgan fingerprint density at radius 1 is 0.966 bits per heavy atom. The van der Waals surface area contributed by atoms with Crippen LogP contribution in [0.1, 0.15) is 50.0 Å². The summed E-state index contributed by atoms with van der Waals surface area (Å²) in [5.74, 6) is 2.18. The number of hydrogen-bond donors (Lipinski definition) is 1. The van der Waals surface area contributed by atoms with Crippen LogP contribution in [0.15, 0.2) is 28.8 Å². The van der Waals surface area contributed by atoms with Crippen molar-refractivity contribution in [1.29, 1.82) is 0 Å². The molecule has 3 heterocycles. The summed E-state index contributed by atoms with van der Waals surface area (Å²) in [7, 11) is 0. The third-order valence-electron chi connectivity index (χ3n) is 6.34. The third kappa shape index (κ3) is 3.86. The standard InChI is InChI=1S/C23H29N5O/c1-15-7-8-21-17(13-15)14-20(22-24-16(2)29-27-22)23(26-21)28-11-9-19(10-12-28)25-18-5-3-4-6-18/h7-8,13-14,18-19,25H,3-6,9-12H2,1-2H3. The number of pyridine rings is 1. The third-order valence-corrected chi connectivity index (χ3v) is 6.34. The highest BCUT2D eigenvalue weighted by atomic mass is 16.5. The molecule has 1 saturated carbocycles. The molecule has 0 radical (unpaired) electrons. The van der Waals surface area contributed by atoms with Crippen LogP contribution in [0.4, 0.5) is 5.82 Å². The molecule has 1 aromatic carbocycles. The normalized spacial score (nSPS) is 18.8. The molecule has 0 amide bonds. The van der Waals surface area contributed by atoms with E-state index in [1.54, 1.807) is 0 Å². The fraction of sp³-hybridized carbons (Fsp3) is 0.522. The number of anilines is 1. The molecule has 5 rings (SSSR count). The van der Waals surface area contributed by atoms with Crippen LogP contribution in [0, 0.1) is 13.8 Å². The summed E-state index contributed by atoms with van der Waals surface area (Å²) >= 11 is 0. The average Bonchev–Trinajstić information content (AvgIpc) is 3.39. The van der Waals surface area contributed by atoms with Gasteiger partial charge in [-0.15, -0.1) is 0 Å². The predicted octanol–water partition coefficient (Wildman–Crippen LogP) is 4.40. The van der Waals surface area contributed by atoms with Crippen molar-refractivity contribution >= 4 is 16.7 Å². The van der Waals surface area contributed by atoms with Gasteiger partial charge in [-0.05, 0) is 50.8 Å². The van der Waals surface area contributed by atoms with Crippen LogP contribution in [0.3, 0.4) is 0 Å². The first kappa shape index (κ1) is 18.6. The average molecular weight is 392 g/mol. The van der Waals surface area contributed by atoms with Gasteiger partial charge < -0.3 is 14.7 Å². The summed E-state index contributed by atoms with van der Waals surface area (Å²) in [6, 6.07) is 9.90. The van der Waals surface area contributed by atoms with Crippen molar-refractivity contribution in [3.63, 3.8) is 0 Å². The smallest absolute Gasteiger partial charge is 0.223 e. The van der Waals surface area contributed by atoms with E-state index in [-0.39, 0.29) is 0 Å². The molecule has 6 heteroatoms. The lowest BCUT2D eigenvalue weighted by Gasteiger charge is -2.35. The van der Waals surface area contributed by atoms with Gasteiger partial charge >= 0.3 is 0 Å². The van der Waals surface area contributed by atoms with E-state index < -0.39 is 0 Å². The number of fused-ring (bicyclic) bond motifs is 1. The first-order chi connectivity index (χ1) is 14.2. The minimum atomic E-state index is 0.578. The number of piperidine rings is 1. The zero-order valence-corrected chi connectivity index (χ0v) is 17.3. The van der Waals surface area contributed by atoms with E-state index in [0.29, 0.717) is 17.8 Å². The zero-order chi connectivity index (χ0) is 19.8. The fourth-order valence-electron chi connectivity index (χ4n) is 4.78. The number of hydrogen-bond acceptors (Lipinski definition) is 6. The van der Waals surface area contributed by atoms with E-state index >= 15 is 0 Å². The SMILES string of the molecule is Cc1ccc2nc(N3CCC(NC4CCCC4)CC3)c(-c3noc(C)n3)cc2c1. The molecular formula is C23H29N5O. The number of rotatable bonds is 4. The maximum absolute atomic E-state index is 5.27. The van der Waals surface area contributed by atoms with Crippen molar-refractivity contribution in [2.24, 2.45) is 0 Å². The highest BCUT2D eigenvalue weighted by molar-refractivity contribution is 5.88. The highest BCUT2D eigenvalue weighted by Crippen LogP contribution is 2.33. The lowest BCUT2D eigenvalue weighted by atomic mass is 10.0. The quantitative estimate of drug-likeness (QED) is 0.711. The Morgan fingerprint density at radius 2 is 1.72 bits per heavy atom. The second kappa shape index (κ2) is 7.75. The first-order valence-electron chi connectivity index (χ1n) is 10.9. The highest BCUT2D eigenvalue weighted by Gasteiger charge is 2.26. The van der Waals surface area contributed by atoms with Crippen molar-refractivity contribution in [3.05, 3.63) is 35.7 Å². The molecule has 0 spiro atoms. The van der Waals surface area contributed by atoms with Crippen molar-refractivity contribution in [1.82, 2.24) is 20.4 Å². The summed E-state index contributed by atoms with van der Waals surface area (Å²) in [4.78, 5) is 11.9. The maximum Gasteiger partial charge on any atom is 0.223 e. The number of nitrogens with zero attached hydrogens (tertiary/aromatic N) is 4. The molecule has 1 saturated heterocycles. The van der Waals surface area contributed by atoms with Gasteiger partial charge in [0, 0.05) is 37.5 Å². The van der Waals surface area contributed by atoms with Crippen LogP contribution in [0.2, 0.25) is 0 Å². The lowest BCUT2D eigenvalue weighted by Crippen LogP contribution is -2.45. The monoisotopic (exact) mass is 391 g/mol. The molecule has 29 heavy (non-hydrogen) atoms. The van der Waals surface area contributed by atoms with Crippen LogP contribution in [0.25, 0.3) is 22.3 Å². The summed E-state index contributed by atoms with van der Waals surface area (Å²) in [6.45, 7) is 5.93. The largest absolute Gasteiger partial charge is 0.356 e. The number of nitrogens with one attached hydrogen (secondary N) is 1. The van der Waals surface area contributed by atoms with Crippen LogP contribution in [0.5, 0.6) is 0 Å². The lowest BCUT2D eigenvalue weighted by molar-refractivity contribution is 0.367. The van der Waals surface area contributed by atoms with E-state index in [1.807, 2.05) is 6.92 Å². The van der Waals surface area contributed by atoms with E-state index in [0.717, 1.165) is 54.3 Å². The Kier molecular flexibility index (Phi) is 4.96. The molecule has 1 aliphatic carbocycles. The van der Waals surface area contributed by atoms with Gasteiger partial charge in [-0.3, -0.25) is 0 Å². The summed E-state index contributed by atoms with van der Waals surface area (Å²) < 4.78 is 5.27. The van der Waals surface area contributed by atoms with Crippen LogP contribution >= 0.6 is 0 Å². The molecule has 1 aliphatic heterocycles. The Bertz CT molecular complexity index is 1000. The Balaban J connectivity index is 1.43. The van der Waals surface area contributed by atoms with Crippen LogP contribution < -0.4 is 10.2 Å². The first-order valence-corrected chi connectivity index (χ1v) is 10.9. The molecule has 2 fully saturated rings. The molecular weight excluding hydrogens is 362 g/mol. The number of aryl methyl sites for hydroxylation is 2. The number of benzene rings is 1. The van der Waals surface area contributed by atoms with Gasteiger partial charge in [0.05, 0.1) is 11.1 Å². The van der Waals surface area contributed by atoms with E-state index in [2.05, 4.69) is 51.5 Å². The van der Waals surface area contributed by atoms with E-state index in [4.69, 9.17) is 9.51 Å². The van der Waals surface area contributed by atoms with Crippen molar-refractivity contribution in [2.75, 3.05) is 18.0 Å². The van der Waals surface area contributed by atoms with Gasteiger partial charge in [0.2, 0.25) is 11.7 Å². The van der Waals surface area contributed by atoms with Gasteiger partial charge in [0.15, 0.2) is 0 Å². The van der Waals surface area contributed by atoms with Crippen LogP contribution in [-0.4, -0.2) is 40.3 Å². The number of aromatic nitrogens is 3. The van der Waals surface area contributed by atoms with Crippen molar-refractivity contribution in [2.45, 2.75) is 64.5 Å². The van der Waals surface area contributed by atoms with E-state index in [1.165, 1.54) is 31.2 Å². The molecule has 0 unspecified atom stereocenters. The predicted molar refractivity (Wildman–Crippen MR) is 115 cm³/mol. The zero-order valence-electron chi connectivity index (χ0n) is 17.3. The minimum Gasteiger partial charge on any atom is -0.356 e. The molecule has 3 aromatic rings. The van der Waals surface area contributed by atoms with Gasteiger partial charge in [-0.25, -0.2) is 4.98 Å². The topological polar surface area (TPSA) is 67.1 Å². The molecule has 2 aliphatic rings. The van der Waals surface area contributed by atoms with Gasteiger partial charge in [-0.1, -0.05) is 29.6 Å². The summed E-state index contributed by atoms with van der Waals surface area (Å²) in [6.07, 6.45) is 7.74. The summed E-state index contributed by atoms with van der Waals surface area (Å²) in [5.41, 5.74) is 3.20. The molecule has 152 valence electrons.